The molecule has 4 aliphatic rings. The van der Waals surface area contributed by atoms with Gasteiger partial charge in [-0.3, -0.25) is 9.59 Å². The molecule has 310 valence electrons. The smallest absolute Gasteiger partial charge is 0.351 e. The molecule has 57 heavy (non-hydrogen) atoms. The van der Waals surface area contributed by atoms with E-state index >= 15 is 0 Å². The first-order valence-corrected chi connectivity index (χ1v) is 20.1. The van der Waals surface area contributed by atoms with Crippen molar-refractivity contribution in [3.63, 3.8) is 0 Å². The number of rotatable bonds is 16. The zero-order chi connectivity index (χ0) is 41.3. The molecule has 14 heteroatoms. The highest BCUT2D eigenvalue weighted by Crippen LogP contribution is 2.59. The first-order valence-electron chi connectivity index (χ1n) is 20.1. The Morgan fingerprint density at radius 2 is 1.47 bits per heavy atom. The van der Waals surface area contributed by atoms with Gasteiger partial charge in [0.1, 0.15) is 29.5 Å². The number of nitrogens with one attached hydrogen (secondary N) is 1. The van der Waals surface area contributed by atoms with Crippen molar-refractivity contribution in [1.29, 1.82) is 0 Å². The summed E-state index contributed by atoms with van der Waals surface area (Å²) in [6.07, 6.45) is 2.43. The third kappa shape index (κ3) is 8.27. The topological polar surface area (TPSA) is 159 Å². The lowest BCUT2D eigenvalue weighted by atomic mass is 9.48. The highest BCUT2D eigenvalue weighted by Gasteiger charge is 2.63. The summed E-state index contributed by atoms with van der Waals surface area (Å²) in [5.74, 6) is 0.132. The number of aliphatic hydroxyl groups excluding tert-OH is 2. The van der Waals surface area contributed by atoms with Crippen LogP contribution in [0.15, 0.2) is 42.5 Å². The number of hydrogen-bond donors (Lipinski definition) is 3. The summed E-state index contributed by atoms with van der Waals surface area (Å²) in [5, 5.41) is 29.8. The molecule has 3 aromatic rings. The van der Waals surface area contributed by atoms with Gasteiger partial charge in [0, 0.05) is 19.2 Å². The first-order chi connectivity index (χ1) is 27.1. The van der Waals surface area contributed by atoms with E-state index in [2.05, 4.69) is 10.2 Å². The summed E-state index contributed by atoms with van der Waals surface area (Å²) < 4.78 is 13.3. The van der Waals surface area contributed by atoms with Gasteiger partial charge in [0.15, 0.2) is 5.69 Å². The fourth-order valence-electron chi connectivity index (χ4n) is 9.65. The second kappa shape index (κ2) is 17.2. The molecular weight excluding hydrogens is 729 g/mol. The summed E-state index contributed by atoms with van der Waals surface area (Å²) in [6.45, 7) is 8.37. The van der Waals surface area contributed by atoms with Crippen molar-refractivity contribution in [2.75, 3.05) is 48.5 Å². The van der Waals surface area contributed by atoms with E-state index in [0.29, 0.717) is 52.4 Å². The van der Waals surface area contributed by atoms with Crippen LogP contribution in [-0.4, -0.2) is 119 Å². The van der Waals surface area contributed by atoms with Crippen LogP contribution in [0.1, 0.15) is 98.5 Å². The Labute approximate surface area is 336 Å². The third-order valence-electron chi connectivity index (χ3n) is 12.2. The zero-order valence-corrected chi connectivity index (χ0v) is 34.8. The Morgan fingerprint density at radius 1 is 0.877 bits per heavy atom. The number of aliphatic hydroxyl groups is 2. The zero-order valence-electron chi connectivity index (χ0n) is 34.8. The SMILES string of the molecule is COc1cccc(OC)c1-c1cc(C(=O)NC2(C(=O)ON(C(C)O)C(C)O)C3CC4CC(C3)CC2C4)nn1-c1ccc(C(=O)N(C)CCCN(C)C)cc1C(C)C. The van der Waals surface area contributed by atoms with Crippen LogP contribution in [-0.2, 0) is 9.63 Å². The lowest BCUT2D eigenvalue weighted by Gasteiger charge is -2.59. The average Bonchev–Trinajstić information content (AvgIpc) is 3.61. The van der Waals surface area contributed by atoms with Gasteiger partial charge in [-0.2, -0.15) is 5.10 Å². The number of methoxy groups -OCH3 is 2. The van der Waals surface area contributed by atoms with Gasteiger partial charge in [-0.1, -0.05) is 25.0 Å². The van der Waals surface area contributed by atoms with Crippen molar-refractivity contribution in [2.24, 2.45) is 23.7 Å². The molecule has 2 amide bonds. The first kappa shape index (κ1) is 42.1. The van der Waals surface area contributed by atoms with Gasteiger partial charge in [-0.05, 0) is 145 Å². The number of hydrogen-bond acceptors (Lipinski definition) is 11. The predicted molar refractivity (Wildman–Crippen MR) is 215 cm³/mol. The standard InChI is InChI=1S/C43H60N6O8/c1-25(2)33-23-30(41(53)47(7)17-11-16-46(5)6)14-15-35(33)48-36(39-37(55-8)12-10-13-38(39)56-9)24-34(45-48)40(52)44-43(42(54)57-49(26(3)50)27(4)51)31-19-28-18-29(21-31)22-32(43)20-28/h10,12-15,23-29,31-32,50-51H,11,16-22H2,1-9H3,(H,44,52). The fourth-order valence-corrected chi connectivity index (χ4v) is 9.65. The largest absolute Gasteiger partial charge is 0.496 e. The van der Waals surface area contributed by atoms with Gasteiger partial charge in [0.05, 0.1) is 31.2 Å². The van der Waals surface area contributed by atoms with E-state index in [9.17, 15) is 24.6 Å². The van der Waals surface area contributed by atoms with Crippen molar-refractivity contribution in [3.05, 3.63) is 59.3 Å². The highest BCUT2D eigenvalue weighted by molar-refractivity contribution is 5.99. The number of nitrogens with zero attached hydrogens (tertiary/aromatic N) is 5. The van der Waals surface area contributed by atoms with E-state index in [1.54, 1.807) is 35.9 Å². The van der Waals surface area contributed by atoms with Gasteiger partial charge in [-0.25, -0.2) is 9.48 Å². The molecule has 14 nitrogen and oxygen atoms in total. The molecule has 4 aliphatic carbocycles. The number of aromatic nitrogens is 2. The van der Waals surface area contributed by atoms with Gasteiger partial charge >= 0.3 is 5.97 Å². The van der Waals surface area contributed by atoms with E-state index < -0.39 is 29.9 Å². The lowest BCUT2D eigenvalue weighted by molar-refractivity contribution is -0.285. The Balaban J connectivity index is 1.45. The van der Waals surface area contributed by atoms with Gasteiger partial charge < -0.3 is 39.6 Å². The van der Waals surface area contributed by atoms with Crippen molar-refractivity contribution < 1.29 is 38.9 Å². The van der Waals surface area contributed by atoms with Crippen LogP contribution in [0.2, 0.25) is 0 Å². The molecule has 4 bridgehead atoms. The van der Waals surface area contributed by atoms with Crippen LogP contribution in [0.3, 0.4) is 0 Å². The van der Waals surface area contributed by atoms with Crippen LogP contribution in [0, 0.1) is 23.7 Å². The van der Waals surface area contributed by atoms with Crippen LogP contribution >= 0.6 is 0 Å². The Hall–Kier alpha value is -4.50. The average molecular weight is 789 g/mol. The Morgan fingerprint density at radius 3 is 2.00 bits per heavy atom. The van der Waals surface area contributed by atoms with Crippen molar-refractivity contribution >= 4 is 17.8 Å². The number of benzene rings is 2. The van der Waals surface area contributed by atoms with Crippen LogP contribution in [0.4, 0.5) is 0 Å². The second-order valence-corrected chi connectivity index (χ2v) is 16.8. The van der Waals surface area contributed by atoms with E-state index in [-0.39, 0.29) is 29.4 Å². The molecule has 1 aromatic heterocycles. The number of hydroxylamine groups is 2. The number of carbonyl (C=O) groups excluding carboxylic acids is 3. The minimum atomic E-state index is -1.40. The normalized spacial score (nSPS) is 23.5. The molecule has 2 aromatic carbocycles. The molecule has 4 fully saturated rings. The van der Waals surface area contributed by atoms with Gasteiger partial charge in [0.25, 0.3) is 11.8 Å². The molecular formula is C43H60N6O8. The molecule has 0 radical (unpaired) electrons. The minimum absolute atomic E-state index is 0.0439. The number of amides is 2. The maximum absolute atomic E-state index is 14.8. The molecule has 0 saturated heterocycles. The third-order valence-corrected chi connectivity index (χ3v) is 12.2. The van der Waals surface area contributed by atoms with Crippen molar-refractivity contribution in [1.82, 2.24) is 30.0 Å². The molecule has 2 atom stereocenters. The number of ether oxygens (including phenoxy) is 2. The maximum atomic E-state index is 14.8. The molecule has 7 rings (SSSR count). The van der Waals surface area contributed by atoms with Gasteiger partial charge in [-0.15, -0.1) is 0 Å². The summed E-state index contributed by atoms with van der Waals surface area (Å²) >= 11 is 0. The molecule has 3 N–H and O–H groups in total. The second-order valence-electron chi connectivity index (χ2n) is 16.8. The summed E-state index contributed by atoms with van der Waals surface area (Å²) in [7, 11) is 8.95. The Bertz CT molecular complexity index is 1880. The van der Waals surface area contributed by atoms with E-state index in [1.807, 2.05) is 65.3 Å². The van der Waals surface area contributed by atoms with E-state index in [1.165, 1.54) is 13.8 Å². The molecule has 2 unspecified atom stereocenters. The van der Waals surface area contributed by atoms with E-state index in [0.717, 1.165) is 55.7 Å². The quantitative estimate of drug-likeness (QED) is 0.132. The minimum Gasteiger partial charge on any atom is -0.496 e. The molecule has 1 heterocycles. The molecule has 4 saturated carbocycles. The van der Waals surface area contributed by atoms with E-state index in [4.69, 9.17) is 19.4 Å². The monoisotopic (exact) mass is 788 g/mol. The molecule has 0 aliphatic heterocycles. The molecule has 0 spiro atoms. The lowest BCUT2D eigenvalue weighted by Crippen LogP contribution is -2.71. The predicted octanol–water partition coefficient (Wildman–Crippen LogP) is 5.07. The summed E-state index contributed by atoms with van der Waals surface area (Å²) in [5.41, 5.74) is 1.77. The van der Waals surface area contributed by atoms with Crippen LogP contribution in [0.25, 0.3) is 16.9 Å². The maximum Gasteiger partial charge on any atom is 0.351 e. The fraction of sp³-hybridized carbons (Fsp3) is 0.581. The van der Waals surface area contributed by atoms with Gasteiger partial charge in [0.2, 0.25) is 0 Å². The summed E-state index contributed by atoms with van der Waals surface area (Å²) in [6, 6.07) is 12.6. The van der Waals surface area contributed by atoms with Crippen LogP contribution < -0.4 is 14.8 Å². The number of carbonyl (C=O) groups is 3. The van der Waals surface area contributed by atoms with Crippen molar-refractivity contribution in [3.8, 4) is 28.4 Å². The van der Waals surface area contributed by atoms with Crippen molar-refractivity contribution in [2.45, 2.75) is 90.1 Å². The highest BCUT2D eigenvalue weighted by atomic mass is 16.7. The Kier molecular flexibility index (Phi) is 12.7. The summed E-state index contributed by atoms with van der Waals surface area (Å²) in [4.78, 5) is 52.5. The van der Waals surface area contributed by atoms with Crippen LogP contribution in [0.5, 0.6) is 11.5 Å².